The van der Waals surface area contributed by atoms with Crippen molar-refractivity contribution in [3.8, 4) is 0 Å². The van der Waals surface area contributed by atoms with Gasteiger partial charge in [0.25, 0.3) is 0 Å². The van der Waals surface area contributed by atoms with Crippen LogP contribution < -0.4 is 10.6 Å². The van der Waals surface area contributed by atoms with E-state index in [1.165, 1.54) is 32.0 Å². The Morgan fingerprint density at radius 2 is 1.71 bits per heavy atom. The first-order valence-corrected chi connectivity index (χ1v) is 7.70. The van der Waals surface area contributed by atoms with E-state index in [4.69, 9.17) is 0 Å². The second kappa shape index (κ2) is 7.25. The number of carbonyl (C=O) groups is 2. The molecule has 0 saturated heterocycles. The van der Waals surface area contributed by atoms with Crippen LogP contribution in [0, 0.1) is 18.2 Å². The van der Waals surface area contributed by atoms with Gasteiger partial charge in [0, 0.05) is 12.2 Å². The minimum atomic E-state index is -1.28. The Hall–Kier alpha value is -2.69. The maximum atomic E-state index is 13.2. The van der Waals surface area contributed by atoms with Crippen LogP contribution in [-0.2, 0) is 16.1 Å². The molecule has 2 aromatic rings. The molecule has 2 N–H and O–H groups in total. The summed E-state index contributed by atoms with van der Waals surface area (Å²) in [6.45, 7) is 5.40. The lowest BCUT2D eigenvalue weighted by Gasteiger charge is -2.22. The number of hydrogen-bond donors (Lipinski definition) is 2. The van der Waals surface area contributed by atoms with Crippen molar-refractivity contribution >= 4 is 17.5 Å². The van der Waals surface area contributed by atoms with E-state index in [-0.39, 0.29) is 0 Å². The molecule has 0 spiro atoms. The van der Waals surface area contributed by atoms with Gasteiger partial charge < -0.3 is 10.6 Å². The van der Waals surface area contributed by atoms with Crippen molar-refractivity contribution in [1.29, 1.82) is 0 Å². The molecule has 0 saturated carbocycles. The molecule has 0 fully saturated rings. The fourth-order valence-corrected chi connectivity index (χ4v) is 2.07. The molecule has 0 aliphatic heterocycles. The normalized spacial score (nSPS) is 11.0. The van der Waals surface area contributed by atoms with Gasteiger partial charge in [0.2, 0.25) is 11.8 Å². The van der Waals surface area contributed by atoms with Crippen molar-refractivity contribution in [2.75, 3.05) is 5.32 Å². The van der Waals surface area contributed by atoms with E-state index in [1.54, 1.807) is 6.07 Å². The molecule has 0 aliphatic carbocycles. The molecule has 2 amide bonds. The van der Waals surface area contributed by atoms with Crippen LogP contribution in [0.2, 0.25) is 0 Å². The maximum absolute atomic E-state index is 13.2. The number of aryl methyl sites for hydroxylation is 1. The first-order chi connectivity index (χ1) is 11.3. The van der Waals surface area contributed by atoms with Crippen molar-refractivity contribution < 1.29 is 14.0 Å². The molecule has 0 bridgehead atoms. The number of rotatable bonds is 5. The van der Waals surface area contributed by atoms with Crippen molar-refractivity contribution in [3.63, 3.8) is 0 Å². The zero-order valence-corrected chi connectivity index (χ0v) is 14.0. The Morgan fingerprint density at radius 3 is 2.33 bits per heavy atom. The molecule has 0 atom stereocenters. The largest absolute Gasteiger partial charge is 0.351 e. The van der Waals surface area contributed by atoms with Gasteiger partial charge in [-0.25, -0.2) is 4.39 Å². The zero-order chi connectivity index (χ0) is 17.7. The smallest absolute Gasteiger partial charge is 0.239 e. The number of benzene rings is 2. The third-order valence-electron chi connectivity index (χ3n) is 3.79. The summed E-state index contributed by atoms with van der Waals surface area (Å²) in [4.78, 5) is 24.7. The van der Waals surface area contributed by atoms with E-state index in [0.717, 1.165) is 11.1 Å². The van der Waals surface area contributed by atoms with Crippen LogP contribution >= 0.6 is 0 Å². The van der Waals surface area contributed by atoms with E-state index < -0.39 is 23.0 Å². The molecule has 0 heterocycles. The Balaban J connectivity index is 1.98. The van der Waals surface area contributed by atoms with Gasteiger partial charge in [-0.15, -0.1) is 0 Å². The molecular weight excluding hydrogens is 307 g/mol. The molecule has 2 rings (SSSR count). The number of hydrogen-bond acceptors (Lipinski definition) is 2. The van der Waals surface area contributed by atoms with E-state index in [0.29, 0.717) is 12.2 Å². The summed E-state index contributed by atoms with van der Waals surface area (Å²) in [5, 5.41) is 5.33. The van der Waals surface area contributed by atoms with E-state index in [2.05, 4.69) is 10.6 Å². The lowest BCUT2D eigenvalue weighted by molar-refractivity contribution is -0.138. The fourth-order valence-electron chi connectivity index (χ4n) is 2.07. The van der Waals surface area contributed by atoms with Crippen LogP contribution in [0.5, 0.6) is 0 Å². The standard InChI is InChI=1S/C19H21FN2O2/c1-13-7-9-14(10-8-13)12-21-17(23)19(2,3)18(24)22-16-6-4-5-15(20)11-16/h4-11H,12H2,1-3H3,(H,21,23)(H,22,24). The molecule has 0 radical (unpaired) electrons. The molecule has 2 aromatic carbocycles. The molecule has 24 heavy (non-hydrogen) atoms. The average molecular weight is 328 g/mol. The van der Waals surface area contributed by atoms with Gasteiger partial charge in [0.15, 0.2) is 0 Å². The number of nitrogens with one attached hydrogen (secondary N) is 2. The average Bonchev–Trinajstić information content (AvgIpc) is 2.54. The second-order valence-electron chi connectivity index (χ2n) is 6.26. The van der Waals surface area contributed by atoms with Gasteiger partial charge in [0.05, 0.1) is 0 Å². The fraction of sp³-hybridized carbons (Fsp3) is 0.263. The van der Waals surface area contributed by atoms with Crippen LogP contribution in [0.1, 0.15) is 25.0 Å². The highest BCUT2D eigenvalue weighted by atomic mass is 19.1. The predicted octanol–water partition coefficient (Wildman–Crippen LogP) is 3.42. The number of anilines is 1. The Kier molecular flexibility index (Phi) is 5.34. The summed E-state index contributed by atoms with van der Waals surface area (Å²) >= 11 is 0. The monoisotopic (exact) mass is 328 g/mol. The minimum Gasteiger partial charge on any atom is -0.351 e. The SMILES string of the molecule is Cc1ccc(CNC(=O)C(C)(C)C(=O)Nc2cccc(F)c2)cc1. The maximum Gasteiger partial charge on any atom is 0.239 e. The highest BCUT2D eigenvalue weighted by Gasteiger charge is 2.35. The third-order valence-corrected chi connectivity index (χ3v) is 3.79. The topological polar surface area (TPSA) is 58.2 Å². The predicted molar refractivity (Wildman–Crippen MR) is 91.8 cm³/mol. The van der Waals surface area contributed by atoms with Crippen molar-refractivity contribution in [2.24, 2.45) is 5.41 Å². The molecule has 0 unspecified atom stereocenters. The molecule has 126 valence electrons. The van der Waals surface area contributed by atoms with Gasteiger partial charge in [-0.3, -0.25) is 9.59 Å². The van der Waals surface area contributed by atoms with Gasteiger partial charge in [-0.1, -0.05) is 35.9 Å². The number of amides is 2. The van der Waals surface area contributed by atoms with Gasteiger partial charge in [-0.05, 0) is 44.5 Å². The highest BCUT2D eigenvalue weighted by molar-refractivity contribution is 6.09. The number of halogens is 1. The zero-order valence-electron chi connectivity index (χ0n) is 14.0. The van der Waals surface area contributed by atoms with Crippen molar-refractivity contribution in [1.82, 2.24) is 5.32 Å². The molecule has 5 heteroatoms. The van der Waals surface area contributed by atoms with Crippen LogP contribution in [0.25, 0.3) is 0 Å². The van der Waals surface area contributed by atoms with E-state index >= 15 is 0 Å². The lowest BCUT2D eigenvalue weighted by Crippen LogP contribution is -2.44. The first kappa shape index (κ1) is 17.7. The summed E-state index contributed by atoms with van der Waals surface area (Å²) in [5.74, 6) is -1.33. The summed E-state index contributed by atoms with van der Waals surface area (Å²) in [5.41, 5.74) is 1.13. The Bertz CT molecular complexity index is 739. The lowest BCUT2D eigenvalue weighted by atomic mass is 9.90. The third kappa shape index (κ3) is 4.41. The van der Waals surface area contributed by atoms with Crippen LogP contribution in [0.3, 0.4) is 0 Å². The van der Waals surface area contributed by atoms with Crippen LogP contribution in [0.4, 0.5) is 10.1 Å². The molecule has 4 nitrogen and oxygen atoms in total. The summed E-state index contributed by atoms with van der Waals surface area (Å²) in [7, 11) is 0. The van der Waals surface area contributed by atoms with Crippen molar-refractivity contribution in [2.45, 2.75) is 27.3 Å². The number of carbonyl (C=O) groups excluding carboxylic acids is 2. The summed E-state index contributed by atoms with van der Waals surface area (Å²) < 4.78 is 13.2. The minimum absolute atomic E-state index is 0.319. The highest BCUT2D eigenvalue weighted by Crippen LogP contribution is 2.20. The van der Waals surface area contributed by atoms with E-state index in [9.17, 15) is 14.0 Å². The molecule has 0 aliphatic rings. The summed E-state index contributed by atoms with van der Waals surface area (Å²) in [6.07, 6.45) is 0. The van der Waals surface area contributed by atoms with Crippen molar-refractivity contribution in [3.05, 3.63) is 65.5 Å². The first-order valence-electron chi connectivity index (χ1n) is 7.70. The Labute approximate surface area is 141 Å². The van der Waals surface area contributed by atoms with Gasteiger partial charge >= 0.3 is 0 Å². The Morgan fingerprint density at radius 1 is 1.04 bits per heavy atom. The molecular formula is C19H21FN2O2. The quantitative estimate of drug-likeness (QED) is 0.826. The van der Waals surface area contributed by atoms with Gasteiger partial charge in [0.1, 0.15) is 11.2 Å². The van der Waals surface area contributed by atoms with Gasteiger partial charge in [-0.2, -0.15) is 0 Å². The molecule has 0 aromatic heterocycles. The second-order valence-corrected chi connectivity index (χ2v) is 6.26. The summed E-state index contributed by atoms with van der Waals surface area (Å²) in [6, 6.07) is 13.3. The van der Waals surface area contributed by atoms with Crippen LogP contribution in [0.15, 0.2) is 48.5 Å². The van der Waals surface area contributed by atoms with Crippen LogP contribution in [-0.4, -0.2) is 11.8 Å². The van der Waals surface area contributed by atoms with E-state index in [1.807, 2.05) is 31.2 Å².